The van der Waals surface area contributed by atoms with Gasteiger partial charge in [-0.3, -0.25) is 9.78 Å². The number of aryl methyl sites for hydroxylation is 1. The number of amides is 1. The van der Waals surface area contributed by atoms with Crippen molar-refractivity contribution in [2.75, 3.05) is 10.6 Å². The van der Waals surface area contributed by atoms with E-state index in [1.165, 1.54) is 44.7 Å². The highest BCUT2D eigenvalue weighted by molar-refractivity contribution is 6.04. The maximum atomic E-state index is 12.6. The van der Waals surface area contributed by atoms with E-state index >= 15 is 0 Å². The second kappa shape index (κ2) is 6.32. The van der Waals surface area contributed by atoms with Crippen LogP contribution in [-0.4, -0.2) is 21.4 Å². The molecule has 0 aliphatic heterocycles. The molecule has 4 aliphatic carbocycles. The molecule has 140 valence electrons. The maximum absolute atomic E-state index is 12.6. The number of aromatic nitrogens is 2. The van der Waals surface area contributed by atoms with E-state index in [4.69, 9.17) is 0 Å². The van der Waals surface area contributed by atoms with Gasteiger partial charge in [0.2, 0.25) is 0 Å². The first kappa shape index (κ1) is 16.7. The van der Waals surface area contributed by atoms with Crippen LogP contribution in [0, 0.1) is 24.7 Å². The fraction of sp³-hybridized carbons (Fsp3) is 0.500. The Morgan fingerprint density at radius 3 is 2.19 bits per heavy atom. The van der Waals surface area contributed by atoms with Crippen LogP contribution in [0.2, 0.25) is 0 Å². The lowest BCUT2D eigenvalue weighted by atomic mass is 9.53. The predicted molar refractivity (Wildman–Crippen MR) is 106 cm³/mol. The fourth-order valence-electron chi connectivity index (χ4n) is 5.95. The fourth-order valence-corrected chi connectivity index (χ4v) is 5.95. The summed E-state index contributed by atoms with van der Waals surface area (Å²) in [7, 11) is 0. The molecule has 6 rings (SSSR count). The van der Waals surface area contributed by atoms with Crippen molar-refractivity contribution in [1.82, 2.24) is 9.97 Å². The van der Waals surface area contributed by atoms with E-state index in [9.17, 15) is 4.79 Å². The van der Waals surface area contributed by atoms with Crippen LogP contribution >= 0.6 is 0 Å². The lowest BCUT2D eigenvalue weighted by Crippen LogP contribution is -2.54. The number of rotatable bonds is 4. The quantitative estimate of drug-likeness (QED) is 0.845. The second-order valence-electron chi connectivity index (χ2n) is 8.87. The van der Waals surface area contributed by atoms with E-state index < -0.39 is 0 Å². The van der Waals surface area contributed by atoms with Gasteiger partial charge in [0.05, 0.1) is 23.3 Å². The summed E-state index contributed by atoms with van der Waals surface area (Å²) in [5.74, 6) is 2.43. The van der Waals surface area contributed by atoms with Crippen LogP contribution in [-0.2, 0) is 0 Å². The summed E-state index contributed by atoms with van der Waals surface area (Å²) in [5, 5.41) is 6.90. The molecule has 0 radical (unpaired) electrons. The molecule has 0 spiro atoms. The van der Waals surface area contributed by atoms with Crippen LogP contribution in [0.15, 0.2) is 36.7 Å². The monoisotopic (exact) mass is 362 g/mol. The van der Waals surface area contributed by atoms with Crippen LogP contribution in [0.4, 0.5) is 11.4 Å². The molecule has 0 saturated heterocycles. The highest BCUT2D eigenvalue weighted by Crippen LogP contribution is 2.56. The van der Waals surface area contributed by atoms with E-state index in [0.29, 0.717) is 5.69 Å². The Bertz CT molecular complexity index is 826. The van der Waals surface area contributed by atoms with Gasteiger partial charge >= 0.3 is 0 Å². The average Bonchev–Trinajstić information content (AvgIpc) is 2.62. The molecule has 4 fully saturated rings. The van der Waals surface area contributed by atoms with Gasteiger partial charge in [0.25, 0.3) is 5.91 Å². The van der Waals surface area contributed by atoms with Crippen LogP contribution in [0.25, 0.3) is 0 Å². The Hall–Kier alpha value is -2.43. The van der Waals surface area contributed by atoms with Gasteiger partial charge in [-0.05, 0) is 75.3 Å². The number of hydrogen-bond acceptors (Lipinski definition) is 4. The second-order valence-corrected chi connectivity index (χ2v) is 8.87. The topological polar surface area (TPSA) is 66.9 Å². The van der Waals surface area contributed by atoms with Crippen molar-refractivity contribution in [3.63, 3.8) is 0 Å². The molecule has 1 heterocycles. The lowest BCUT2D eigenvalue weighted by molar-refractivity contribution is 0.0107. The van der Waals surface area contributed by atoms with E-state index in [1.807, 2.05) is 25.1 Å². The van der Waals surface area contributed by atoms with Crippen molar-refractivity contribution >= 4 is 17.3 Å². The number of nitrogens with zero attached hydrogens (tertiary/aromatic N) is 2. The average molecular weight is 362 g/mol. The van der Waals surface area contributed by atoms with Crippen LogP contribution in [0.1, 0.15) is 54.7 Å². The molecule has 1 amide bonds. The molecular weight excluding hydrogens is 336 g/mol. The molecule has 5 heteroatoms. The molecule has 2 aromatic rings. The van der Waals surface area contributed by atoms with Crippen LogP contribution in [0.3, 0.4) is 0 Å². The zero-order chi connectivity index (χ0) is 18.4. The molecule has 0 atom stereocenters. The first-order valence-electron chi connectivity index (χ1n) is 10.1. The third-order valence-electron chi connectivity index (χ3n) is 6.63. The SMILES string of the molecule is Cc1cnc(C(=O)Nc2ccccc2NC23CC4CC(CC(C4)C2)C3)cn1. The number of benzene rings is 1. The third-order valence-corrected chi connectivity index (χ3v) is 6.63. The van der Waals surface area contributed by atoms with Gasteiger partial charge in [-0.15, -0.1) is 0 Å². The molecule has 4 saturated carbocycles. The summed E-state index contributed by atoms with van der Waals surface area (Å²) in [5.41, 5.74) is 3.19. The number of nitrogens with one attached hydrogen (secondary N) is 2. The largest absolute Gasteiger partial charge is 0.378 e. The van der Waals surface area contributed by atoms with Crippen LogP contribution < -0.4 is 10.6 Å². The molecule has 1 aromatic carbocycles. The molecular formula is C22H26N4O. The van der Waals surface area contributed by atoms with Gasteiger partial charge in [0, 0.05) is 11.7 Å². The highest BCUT2D eigenvalue weighted by Gasteiger charge is 2.51. The summed E-state index contributed by atoms with van der Waals surface area (Å²) in [6.07, 6.45) is 11.2. The summed E-state index contributed by atoms with van der Waals surface area (Å²) in [4.78, 5) is 21.0. The zero-order valence-electron chi connectivity index (χ0n) is 15.7. The molecule has 1 aromatic heterocycles. The molecule has 0 unspecified atom stereocenters. The minimum absolute atomic E-state index is 0.208. The Balaban J connectivity index is 1.37. The van der Waals surface area contributed by atoms with Crippen molar-refractivity contribution in [3.05, 3.63) is 48.0 Å². The van der Waals surface area contributed by atoms with Gasteiger partial charge < -0.3 is 10.6 Å². The van der Waals surface area contributed by atoms with Crippen LogP contribution in [0.5, 0.6) is 0 Å². The Morgan fingerprint density at radius 2 is 1.59 bits per heavy atom. The first-order valence-corrected chi connectivity index (χ1v) is 10.1. The zero-order valence-corrected chi connectivity index (χ0v) is 15.7. The third kappa shape index (κ3) is 3.20. The van der Waals surface area contributed by atoms with E-state index in [-0.39, 0.29) is 11.4 Å². The Morgan fingerprint density at radius 1 is 0.963 bits per heavy atom. The van der Waals surface area contributed by atoms with E-state index in [1.54, 1.807) is 6.20 Å². The van der Waals surface area contributed by atoms with Crippen molar-refractivity contribution in [2.24, 2.45) is 17.8 Å². The molecule has 5 nitrogen and oxygen atoms in total. The van der Waals surface area contributed by atoms with E-state index in [0.717, 1.165) is 34.8 Å². The molecule has 4 aliphatic rings. The van der Waals surface area contributed by atoms with Gasteiger partial charge in [-0.25, -0.2) is 4.98 Å². The van der Waals surface area contributed by atoms with Crippen molar-refractivity contribution in [2.45, 2.75) is 51.0 Å². The summed E-state index contributed by atoms with van der Waals surface area (Å²) in [6.45, 7) is 1.86. The number of para-hydroxylation sites is 2. The number of anilines is 2. The summed E-state index contributed by atoms with van der Waals surface area (Å²) < 4.78 is 0. The predicted octanol–water partition coefficient (Wildman–Crippen LogP) is 4.42. The Labute approximate surface area is 160 Å². The van der Waals surface area contributed by atoms with Gasteiger partial charge in [0.15, 0.2) is 0 Å². The van der Waals surface area contributed by atoms with Gasteiger partial charge in [0.1, 0.15) is 5.69 Å². The molecule has 2 N–H and O–H groups in total. The summed E-state index contributed by atoms with van der Waals surface area (Å²) in [6, 6.07) is 8.03. The number of hydrogen-bond donors (Lipinski definition) is 2. The number of carbonyl (C=O) groups excluding carboxylic acids is 1. The van der Waals surface area contributed by atoms with Crippen molar-refractivity contribution in [3.8, 4) is 0 Å². The highest BCUT2D eigenvalue weighted by atomic mass is 16.1. The lowest BCUT2D eigenvalue weighted by Gasteiger charge is -2.57. The Kier molecular flexibility index (Phi) is 3.92. The maximum Gasteiger partial charge on any atom is 0.275 e. The van der Waals surface area contributed by atoms with Gasteiger partial charge in [-0.2, -0.15) is 0 Å². The molecule has 4 bridgehead atoms. The normalized spacial score (nSPS) is 30.9. The summed E-state index contributed by atoms with van der Waals surface area (Å²) >= 11 is 0. The minimum atomic E-state index is -0.220. The van der Waals surface area contributed by atoms with E-state index in [2.05, 4.69) is 26.7 Å². The first-order chi connectivity index (χ1) is 13.1. The van der Waals surface area contributed by atoms with Gasteiger partial charge in [-0.1, -0.05) is 12.1 Å². The van der Waals surface area contributed by atoms with Crippen molar-refractivity contribution in [1.29, 1.82) is 0 Å². The standard InChI is InChI=1S/C22H26N4O/c1-14-12-24-20(13-23-14)21(27)25-18-4-2-3-5-19(18)26-22-9-15-6-16(10-22)8-17(7-15)11-22/h2-5,12-13,15-17,26H,6-11H2,1H3,(H,25,27). The smallest absolute Gasteiger partial charge is 0.275 e. The van der Waals surface area contributed by atoms with Crippen molar-refractivity contribution < 1.29 is 4.79 Å². The number of carbonyl (C=O) groups is 1. The minimum Gasteiger partial charge on any atom is -0.378 e. The molecule has 27 heavy (non-hydrogen) atoms.